The van der Waals surface area contributed by atoms with Crippen LogP contribution < -0.4 is 10.1 Å². The Kier molecular flexibility index (Phi) is 5.55. The van der Waals surface area contributed by atoms with Gasteiger partial charge in [-0.25, -0.2) is 4.79 Å². The highest BCUT2D eigenvalue weighted by Crippen LogP contribution is 2.31. The average Bonchev–Trinajstić information content (AvgIpc) is 3.11. The third-order valence-electron chi connectivity index (χ3n) is 4.29. The predicted octanol–water partition coefficient (Wildman–Crippen LogP) is 2.55. The van der Waals surface area contributed by atoms with E-state index in [1.165, 1.54) is 0 Å². The van der Waals surface area contributed by atoms with Gasteiger partial charge in [0, 0.05) is 17.7 Å². The highest BCUT2D eigenvalue weighted by atomic mass is 16.5. The average molecular weight is 357 g/mol. The highest BCUT2D eigenvalue weighted by molar-refractivity contribution is 5.90. The number of hydrogen-bond acceptors (Lipinski definition) is 5. The molecule has 2 unspecified atom stereocenters. The molecule has 1 aliphatic heterocycles. The number of hydrogen-bond donors (Lipinski definition) is 2. The molecular weight excluding hydrogens is 334 g/mol. The number of carbonyl (C=O) groups excluding carboxylic acids is 2. The van der Waals surface area contributed by atoms with E-state index in [9.17, 15) is 9.59 Å². The highest BCUT2D eigenvalue weighted by Gasteiger charge is 2.26. The second-order valence-corrected chi connectivity index (χ2v) is 6.31. The number of fused-ring (bicyclic) bond motifs is 1. The van der Waals surface area contributed by atoms with Crippen LogP contribution in [0.2, 0.25) is 0 Å². The second kappa shape index (κ2) is 8.03. The second-order valence-electron chi connectivity index (χ2n) is 6.31. The van der Waals surface area contributed by atoms with Gasteiger partial charge in [-0.15, -0.1) is 0 Å². The minimum absolute atomic E-state index is 0.157. The lowest BCUT2D eigenvalue weighted by Crippen LogP contribution is -2.39. The van der Waals surface area contributed by atoms with Gasteiger partial charge < -0.3 is 14.8 Å². The molecule has 7 nitrogen and oxygen atoms in total. The predicted molar refractivity (Wildman–Crippen MR) is 94.9 cm³/mol. The molecule has 0 saturated carbocycles. The van der Waals surface area contributed by atoms with Gasteiger partial charge in [-0.3, -0.25) is 9.89 Å². The van der Waals surface area contributed by atoms with Crippen LogP contribution in [0.4, 0.5) is 0 Å². The molecule has 2 heterocycles. The van der Waals surface area contributed by atoms with Crippen molar-refractivity contribution < 1.29 is 19.1 Å². The number of ether oxygens (including phenoxy) is 2. The lowest BCUT2D eigenvalue weighted by atomic mass is 10.0. The van der Waals surface area contributed by atoms with Crippen molar-refractivity contribution in [1.82, 2.24) is 15.5 Å². The molecule has 0 spiro atoms. The molecule has 2 aromatic rings. The van der Waals surface area contributed by atoms with Crippen LogP contribution in [0.15, 0.2) is 30.3 Å². The zero-order valence-corrected chi connectivity index (χ0v) is 15.0. The third kappa shape index (κ3) is 4.04. The van der Waals surface area contributed by atoms with E-state index in [2.05, 4.69) is 15.5 Å². The van der Waals surface area contributed by atoms with Crippen LogP contribution in [0.3, 0.4) is 0 Å². The molecule has 7 heteroatoms. The summed E-state index contributed by atoms with van der Waals surface area (Å²) in [5.41, 5.74) is 1.99. The summed E-state index contributed by atoms with van der Waals surface area (Å²) in [4.78, 5) is 24.6. The first-order valence-electron chi connectivity index (χ1n) is 8.86. The van der Waals surface area contributed by atoms with Gasteiger partial charge in [-0.1, -0.05) is 31.5 Å². The smallest absolute Gasteiger partial charge is 0.359 e. The van der Waals surface area contributed by atoms with Crippen LogP contribution in [0, 0.1) is 0 Å². The molecule has 138 valence electrons. The molecular formula is C19H23N3O4. The number of aromatic amines is 1. The Morgan fingerprint density at radius 2 is 2.23 bits per heavy atom. The Labute approximate surface area is 152 Å². The van der Waals surface area contributed by atoms with Gasteiger partial charge in [0.1, 0.15) is 5.75 Å². The van der Waals surface area contributed by atoms with Gasteiger partial charge in [0.05, 0.1) is 12.6 Å². The summed E-state index contributed by atoms with van der Waals surface area (Å²) in [5.74, 6) is -0.184. The topological polar surface area (TPSA) is 93.3 Å². The number of nitrogens with zero attached hydrogens (tertiary/aromatic N) is 1. The van der Waals surface area contributed by atoms with E-state index < -0.39 is 12.1 Å². The molecule has 0 aliphatic carbocycles. The van der Waals surface area contributed by atoms with Gasteiger partial charge in [-0.2, -0.15) is 5.10 Å². The quantitative estimate of drug-likeness (QED) is 0.775. The first kappa shape index (κ1) is 18.0. The molecule has 1 aromatic heterocycles. The maximum atomic E-state index is 12.4. The molecule has 3 rings (SSSR count). The van der Waals surface area contributed by atoms with Crippen molar-refractivity contribution in [2.24, 2.45) is 0 Å². The van der Waals surface area contributed by atoms with Gasteiger partial charge in [0.25, 0.3) is 5.91 Å². The summed E-state index contributed by atoms with van der Waals surface area (Å²) < 4.78 is 10.8. The van der Waals surface area contributed by atoms with Crippen LogP contribution in [0.5, 0.6) is 5.75 Å². The third-order valence-corrected chi connectivity index (χ3v) is 4.29. The molecule has 26 heavy (non-hydrogen) atoms. The molecule has 0 saturated heterocycles. The van der Waals surface area contributed by atoms with Crippen molar-refractivity contribution in [3.8, 4) is 5.75 Å². The van der Waals surface area contributed by atoms with Crippen molar-refractivity contribution in [3.05, 3.63) is 47.3 Å². The van der Waals surface area contributed by atoms with E-state index in [-0.39, 0.29) is 17.6 Å². The zero-order valence-electron chi connectivity index (χ0n) is 15.0. The molecule has 2 atom stereocenters. The first-order chi connectivity index (χ1) is 12.6. The SMILES string of the molecule is CCCc1cc(C(=O)OC(C)C(=O)NC2CCOc3ccccc32)n[nH]1. The number of H-pyrrole nitrogens is 1. The summed E-state index contributed by atoms with van der Waals surface area (Å²) in [6.07, 6.45) is 1.51. The van der Waals surface area contributed by atoms with Crippen LogP contribution >= 0.6 is 0 Å². The van der Waals surface area contributed by atoms with Crippen molar-refractivity contribution in [2.45, 2.75) is 45.3 Å². The van der Waals surface area contributed by atoms with E-state index in [0.29, 0.717) is 13.0 Å². The molecule has 1 aromatic carbocycles. The van der Waals surface area contributed by atoms with E-state index in [0.717, 1.165) is 29.8 Å². The molecule has 2 N–H and O–H groups in total. The number of aromatic nitrogens is 2. The van der Waals surface area contributed by atoms with E-state index in [4.69, 9.17) is 9.47 Å². The molecule has 0 fully saturated rings. The number of carbonyl (C=O) groups is 2. The summed E-state index contributed by atoms with van der Waals surface area (Å²) in [6.45, 7) is 4.13. The Morgan fingerprint density at radius 1 is 1.42 bits per heavy atom. The number of para-hydroxylation sites is 1. The Morgan fingerprint density at radius 3 is 3.04 bits per heavy atom. The van der Waals surface area contributed by atoms with Crippen LogP contribution in [-0.4, -0.2) is 34.8 Å². The summed E-state index contributed by atoms with van der Waals surface area (Å²) in [5, 5.41) is 9.68. The fraction of sp³-hybridized carbons (Fsp3) is 0.421. The fourth-order valence-corrected chi connectivity index (χ4v) is 2.92. The van der Waals surface area contributed by atoms with Crippen molar-refractivity contribution >= 4 is 11.9 Å². The summed E-state index contributed by atoms with van der Waals surface area (Å²) in [6, 6.07) is 9.10. The Bertz CT molecular complexity index is 787. The molecule has 0 radical (unpaired) electrons. The normalized spacial score (nSPS) is 16.9. The van der Waals surface area contributed by atoms with E-state index in [1.807, 2.05) is 31.2 Å². The minimum atomic E-state index is -0.913. The maximum Gasteiger partial charge on any atom is 0.359 e. The standard InChI is InChI=1S/C19H23N3O4/c1-3-6-13-11-16(22-21-13)19(24)26-12(2)18(23)20-15-9-10-25-17-8-5-4-7-14(15)17/h4-5,7-8,11-12,15H,3,6,9-10H2,1-2H3,(H,20,23)(H,21,22). The monoisotopic (exact) mass is 357 g/mol. The van der Waals surface area contributed by atoms with Crippen molar-refractivity contribution in [1.29, 1.82) is 0 Å². The van der Waals surface area contributed by atoms with Gasteiger partial charge in [0.15, 0.2) is 11.8 Å². The van der Waals surface area contributed by atoms with E-state index >= 15 is 0 Å². The van der Waals surface area contributed by atoms with Crippen LogP contribution in [-0.2, 0) is 16.0 Å². The van der Waals surface area contributed by atoms with E-state index in [1.54, 1.807) is 13.0 Å². The number of esters is 1. The Hall–Kier alpha value is -2.83. The lowest BCUT2D eigenvalue weighted by Gasteiger charge is -2.27. The number of rotatable bonds is 6. The Balaban J connectivity index is 1.59. The number of aryl methyl sites for hydroxylation is 1. The van der Waals surface area contributed by atoms with Crippen LogP contribution in [0.1, 0.15) is 54.5 Å². The number of benzene rings is 1. The van der Waals surface area contributed by atoms with Crippen molar-refractivity contribution in [2.75, 3.05) is 6.61 Å². The molecule has 1 amide bonds. The molecule has 0 bridgehead atoms. The van der Waals surface area contributed by atoms with Gasteiger partial charge in [-0.05, 0) is 25.5 Å². The maximum absolute atomic E-state index is 12.4. The summed E-state index contributed by atoms with van der Waals surface area (Å²) >= 11 is 0. The minimum Gasteiger partial charge on any atom is -0.493 e. The van der Waals surface area contributed by atoms with Crippen LogP contribution in [0.25, 0.3) is 0 Å². The zero-order chi connectivity index (χ0) is 18.5. The summed E-state index contributed by atoms with van der Waals surface area (Å²) in [7, 11) is 0. The lowest BCUT2D eigenvalue weighted by molar-refractivity contribution is -0.130. The van der Waals surface area contributed by atoms with Gasteiger partial charge in [0.2, 0.25) is 0 Å². The number of nitrogens with one attached hydrogen (secondary N) is 2. The largest absolute Gasteiger partial charge is 0.493 e. The van der Waals surface area contributed by atoms with Gasteiger partial charge >= 0.3 is 5.97 Å². The van der Waals surface area contributed by atoms with Crippen molar-refractivity contribution in [3.63, 3.8) is 0 Å². The first-order valence-corrected chi connectivity index (χ1v) is 8.86. The fourth-order valence-electron chi connectivity index (χ4n) is 2.92. The number of amides is 1. The molecule has 1 aliphatic rings.